The van der Waals surface area contributed by atoms with Gasteiger partial charge in [0.2, 0.25) is 0 Å². The Bertz CT molecular complexity index is 543. The van der Waals surface area contributed by atoms with Gasteiger partial charge >= 0.3 is 0 Å². The van der Waals surface area contributed by atoms with E-state index < -0.39 is 5.60 Å². The van der Waals surface area contributed by atoms with Gasteiger partial charge in [0.25, 0.3) is 0 Å². The normalized spacial score (nSPS) is 14.6. The minimum Gasteiger partial charge on any atom is -0.380 e. The van der Waals surface area contributed by atoms with E-state index >= 15 is 0 Å². The van der Waals surface area contributed by atoms with Gasteiger partial charge in [0, 0.05) is 4.47 Å². The molecule has 0 aliphatic carbocycles. The van der Waals surface area contributed by atoms with Crippen LogP contribution in [0.4, 0.5) is 0 Å². The summed E-state index contributed by atoms with van der Waals surface area (Å²) in [5, 5.41) is 12.8. The largest absolute Gasteiger partial charge is 0.380 e. The van der Waals surface area contributed by atoms with E-state index in [1.807, 2.05) is 32.2 Å². The van der Waals surface area contributed by atoms with E-state index in [0.29, 0.717) is 0 Å². The first kappa shape index (κ1) is 12.8. The summed E-state index contributed by atoms with van der Waals surface area (Å²) in [5.74, 6) is 0. The maximum Gasteiger partial charge on any atom is 0.122 e. The van der Waals surface area contributed by atoms with E-state index in [4.69, 9.17) is 0 Å². The summed E-state index contributed by atoms with van der Waals surface area (Å²) in [4.78, 5) is 0.950. The molecule has 1 unspecified atom stereocenters. The zero-order valence-corrected chi connectivity index (χ0v) is 12.5. The molecule has 0 aliphatic heterocycles. The number of aliphatic hydroxyl groups is 1. The molecule has 1 nitrogen and oxygen atoms in total. The highest BCUT2D eigenvalue weighted by Crippen LogP contribution is 2.39. The Morgan fingerprint density at radius 1 is 1.24 bits per heavy atom. The Kier molecular flexibility index (Phi) is 3.43. The van der Waals surface area contributed by atoms with Gasteiger partial charge in [-0.2, -0.15) is 0 Å². The molecule has 2 aromatic rings. The topological polar surface area (TPSA) is 20.2 Å². The average molecular weight is 311 g/mol. The maximum atomic E-state index is 10.8. The van der Waals surface area contributed by atoms with Crippen LogP contribution in [0.1, 0.15) is 28.5 Å². The van der Waals surface area contributed by atoms with Crippen LogP contribution >= 0.6 is 27.3 Å². The third-order valence-electron chi connectivity index (χ3n) is 2.98. The van der Waals surface area contributed by atoms with E-state index in [9.17, 15) is 5.11 Å². The van der Waals surface area contributed by atoms with Crippen LogP contribution in [-0.4, -0.2) is 5.11 Å². The van der Waals surface area contributed by atoms with Crippen LogP contribution < -0.4 is 0 Å². The van der Waals surface area contributed by atoms with Gasteiger partial charge in [0.1, 0.15) is 5.60 Å². The lowest BCUT2D eigenvalue weighted by atomic mass is 9.89. The lowest BCUT2D eigenvalue weighted by Crippen LogP contribution is -2.23. The molecule has 17 heavy (non-hydrogen) atoms. The van der Waals surface area contributed by atoms with Crippen LogP contribution in [0.15, 0.2) is 34.1 Å². The number of benzene rings is 1. The summed E-state index contributed by atoms with van der Waals surface area (Å²) in [7, 11) is 0. The monoisotopic (exact) mass is 310 g/mol. The maximum absolute atomic E-state index is 10.8. The third-order valence-corrected chi connectivity index (χ3v) is 5.03. The average Bonchev–Trinajstić information content (AvgIpc) is 2.68. The van der Waals surface area contributed by atoms with Crippen molar-refractivity contribution in [2.75, 3.05) is 0 Å². The van der Waals surface area contributed by atoms with Crippen molar-refractivity contribution in [3.8, 4) is 0 Å². The number of halogens is 1. The van der Waals surface area contributed by atoms with Gasteiger partial charge < -0.3 is 5.11 Å². The predicted octanol–water partition coefficient (Wildman–Crippen LogP) is 4.38. The van der Waals surface area contributed by atoms with E-state index in [1.54, 1.807) is 11.3 Å². The molecular weight excluding hydrogens is 296 g/mol. The minimum atomic E-state index is -0.941. The molecule has 0 radical (unpaired) electrons. The molecule has 0 fully saturated rings. The van der Waals surface area contributed by atoms with E-state index in [2.05, 4.69) is 34.1 Å². The fourth-order valence-corrected chi connectivity index (χ4v) is 3.86. The molecule has 0 spiro atoms. The van der Waals surface area contributed by atoms with Crippen molar-refractivity contribution in [3.63, 3.8) is 0 Å². The molecule has 0 saturated heterocycles. The van der Waals surface area contributed by atoms with Gasteiger partial charge in [0.05, 0.1) is 4.88 Å². The van der Waals surface area contributed by atoms with Crippen LogP contribution in [0.2, 0.25) is 0 Å². The SMILES string of the molecule is Cc1ccc(C)c(C(C)(O)c2sccc2Br)c1. The van der Waals surface area contributed by atoms with Crippen molar-refractivity contribution >= 4 is 27.3 Å². The first-order chi connectivity index (χ1) is 7.93. The Labute approximate surface area is 114 Å². The Balaban J connectivity index is 2.59. The molecule has 3 heteroatoms. The molecule has 0 amide bonds. The summed E-state index contributed by atoms with van der Waals surface area (Å²) >= 11 is 5.06. The summed E-state index contributed by atoms with van der Waals surface area (Å²) in [6, 6.07) is 8.15. The highest BCUT2D eigenvalue weighted by Gasteiger charge is 2.30. The number of rotatable bonds is 2. The van der Waals surface area contributed by atoms with Crippen LogP contribution in [0.3, 0.4) is 0 Å². The van der Waals surface area contributed by atoms with Gasteiger partial charge in [-0.05, 0) is 59.3 Å². The zero-order chi connectivity index (χ0) is 12.6. The molecule has 0 bridgehead atoms. The Morgan fingerprint density at radius 3 is 2.53 bits per heavy atom. The first-order valence-electron chi connectivity index (χ1n) is 5.46. The van der Waals surface area contributed by atoms with E-state index in [0.717, 1.165) is 20.5 Å². The Morgan fingerprint density at radius 2 is 1.94 bits per heavy atom. The summed E-state index contributed by atoms with van der Waals surface area (Å²) in [5.41, 5.74) is 2.31. The standard InChI is InChI=1S/C14H15BrOS/c1-9-4-5-10(2)11(8-9)14(3,16)13-12(15)6-7-17-13/h4-8,16H,1-3H3. The van der Waals surface area contributed by atoms with Gasteiger partial charge in [-0.1, -0.05) is 23.8 Å². The molecule has 2 rings (SSSR count). The van der Waals surface area contributed by atoms with Crippen LogP contribution in [0.25, 0.3) is 0 Å². The van der Waals surface area contributed by atoms with Crippen LogP contribution in [0, 0.1) is 13.8 Å². The van der Waals surface area contributed by atoms with Gasteiger partial charge in [-0.3, -0.25) is 0 Å². The van der Waals surface area contributed by atoms with Crippen molar-refractivity contribution in [2.45, 2.75) is 26.4 Å². The molecule has 0 saturated carbocycles. The van der Waals surface area contributed by atoms with E-state index in [-0.39, 0.29) is 0 Å². The number of thiophene rings is 1. The molecule has 90 valence electrons. The van der Waals surface area contributed by atoms with Crippen molar-refractivity contribution in [2.24, 2.45) is 0 Å². The zero-order valence-electron chi connectivity index (χ0n) is 10.1. The molecule has 1 atom stereocenters. The fraction of sp³-hybridized carbons (Fsp3) is 0.286. The summed E-state index contributed by atoms with van der Waals surface area (Å²) in [6.45, 7) is 5.93. The highest BCUT2D eigenvalue weighted by molar-refractivity contribution is 9.10. The molecule has 1 aromatic carbocycles. The van der Waals surface area contributed by atoms with Crippen molar-refractivity contribution in [3.05, 3.63) is 55.7 Å². The quantitative estimate of drug-likeness (QED) is 0.872. The second-order valence-corrected chi connectivity index (χ2v) is 6.26. The highest BCUT2D eigenvalue weighted by atomic mass is 79.9. The van der Waals surface area contributed by atoms with Gasteiger partial charge in [-0.15, -0.1) is 11.3 Å². The molecule has 1 N–H and O–H groups in total. The number of hydrogen-bond acceptors (Lipinski definition) is 2. The van der Waals surface area contributed by atoms with Crippen LogP contribution in [0.5, 0.6) is 0 Å². The van der Waals surface area contributed by atoms with Crippen molar-refractivity contribution in [1.82, 2.24) is 0 Å². The lowest BCUT2D eigenvalue weighted by Gasteiger charge is -2.25. The van der Waals surface area contributed by atoms with Gasteiger partial charge in [0.15, 0.2) is 0 Å². The third kappa shape index (κ3) is 2.32. The van der Waals surface area contributed by atoms with Crippen molar-refractivity contribution < 1.29 is 5.11 Å². The molecular formula is C14H15BrOS. The Hall–Kier alpha value is -0.640. The molecule has 0 aliphatic rings. The van der Waals surface area contributed by atoms with Crippen LogP contribution in [-0.2, 0) is 5.60 Å². The second kappa shape index (κ2) is 4.56. The lowest BCUT2D eigenvalue weighted by molar-refractivity contribution is 0.105. The predicted molar refractivity (Wildman–Crippen MR) is 76.6 cm³/mol. The summed E-state index contributed by atoms with van der Waals surface area (Å²) in [6.07, 6.45) is 0. The smallest absolute Gasteiger partial charge is 0.122 e. The van der Waals surface area contributed by atoms with E-state index in [1.165, 1.54) is 5.56 Å². The van der Waals surface area contributed by atoms with Gasteiger partial charge in [-0.25, -0.2) is 0 Å². The second-order valence-electron chi connectivity index (χ2n) is 4.49. The fourth-order valence-electron chi connectivity index (χ4n) is 2.02. The number of aryl methyl sites for hydroxylation is 2. The minimum absolute atomic E-state index is 0.941. The summed E-state index contributed by atoms with van der Waals surface area (Å²) < 4.78 is 0.966. The molecule has 1 aromatic heterocycles. The van der Waals surface area contributed by atoms with Crippen molar-refractivity contribution in [1.29, 1.82) is 0 Å². The molecule has 1 heterocycles. The first-order valence-corrected chi connectivity index (χ1v) is 7.14. The number of hydrogen-bond donors (Lipinski definition) is 1.